The summed E-state index contributed by atoms with van der Waals surface area (Å²) in [7, 11) is 0. The van der Waals surface area contributed by atoms with Gasteiger partial charge in [-0.1, -0.05) is 257 Å². The lowest BCUT2D eigenvalue weighted by Crippen LogP contribution is -2.16. The first-order valence-electron chi connectivity index (χ1n) is 23.7. The molecule has 0 fully saturated rings. The van der Waals surface area contributed by atoms with E-state index in [1.54, 1.807) is 0 Å². The largest absolute Gasteiger partial charge is 0.481 e. The molecule has 0 spiro atoms. The summed E-state index contributed by atoms with van der Waals surface area (Å²) in [6, 6.07) is 0. The number of carbonyl (C=O) groups is 1. The molecule has 0 atom stereocenters. The van der Waals surface area contributed by atoms with Crippen LogP contribution in [0.25, 0.3) is 0 Å². The number of aliphatic carboxylic acids is 1. The number of carboxylic acid groups (broad SMARTS) is 1. The Morgan fingerprint density at radius 1 is 0.300 bits per heavy atom. The average Bonchev–Trinajstić information content (AvgIpc) is 3.11. The van der Waals surface area contributed by atoms with Crippen LogP contribution in [-0.2, 0) is 4.79 Å². The van der Waals surface area contributed by atoms with Crippen molar-refractivity contribution in [3.05, 3.63) is 0 Å². The van der Waals surface area contributed by atoms with Gasteiger partial charge in [-0.15, -0.1) is 0 Å². The zero-order chi connectivity index (χ0) is 36.1. The standard InChI is InChI=1S/C47H95NO2/c1-2-3-4-5-6-7-8-9-10-11-12-13-14-15-16-17-18-19-20-21-22-23-24-25-26-27-28-29-30-31-32-33-34-35-36-37-38-39-42-45-48-46-43-40-41-44-47(49)50/h48H,2-46H2,1H3,(H,49,50). The van der Waals surface area contributed by atoms with E-state index in [2.05, 4.69) is 12.2 Å². The van der Waals surface area contributed by atoms with Crippen LogP contribution in [0.3, 0.4) is 0 Å². The molecule has 0 aromatic heterocycles. The molecule has 0 radical (unpaired) electrons. The number of unbranched alkanes of at least 4 members (excludes halogenated alkanes) is 40. The van der Waals surface area contributed by atoms with Crippen LogP contribution in [-0.4, -0.2) is 24.2 Å². The Kier molecular flexibility index (Phi) is 45.9. The van der Waals surface area contributed by atoms with Crippen LogP contribution >= 0.6 is 0 Å². The fraction of sp³-hybridized carbons (Fsp3) is 0.979. The van der Waals surface area contributed by atoms with Crippen LogP contribution in [0.5, 0.6) is 0 Å². The van der Waals surface area contributed by atoms with Crippen LogP contribution in [0.1, 0.15) is 283 Å². The molecule has 0 amide bonds. The molecule has 3 nitrogen and oxygen atoms in total. The average molecular weight is 706 g/mol. The van der Waals surface area contributed by atoms with Gasteiger partial charge in [0, 0.05) is 6.42 Å². The second-order valence-corrected chi connectivity index (χ2v) is 16.4. The summed E-state index contributed by atoms with van der Waals surface area (Å²) in [5.74, 6) is -0.667. The van der Waals surface area contributed by atoms with Gasteiger partial charge in [-0.3, -0.25) is 4.79 Å². The third-order valence-corrected chi connectivity index (χ3v) is 11.2. The lowest BCUT2D eigenvalue weighted by Gasteiger charge is -2.05. The van der Waals surface area contributed by atoms with Crippen molar-refractivity contribution in [1.29, 1.82) is 0 Å². The summed E-state index contributed by atoms with van der Waals surface area (Å²) in [6.07, 6.45) is 60.2. The molecule has 0 bridgehead atoms. The molecule has 0 aliphatic heterocycles. The molecular formula is C47H95NO2. The minimum atomic E-state index is -0.667. The molecule has 0 rings (SSSR count). The number of hydrogen-bond donors (Lipinski definition) is 2. The van der Waals surface area contributed by atoms with Crippen molar-refractivity contribution in [1.82, 2.24) is 5.32 Å². The molecular weight excluding hydrogens is 611 g/mol. The molecule has 3 heteroatoms. The maximum atomic E-state index is 10.5. The zero-order valence-corrected chi connectivity index (χ0v) is 34.7. The second kappa shape index (κ2) is 46.5. The quantitative estimate of drug-likeness (QED) is 0.0620. The fourth-order valence-corrected chi connectivity index (χ4v) is 7.69. The molecule has 2 N–H and O–H groups in total. The van der Waals surface area contributed by atoms with Crippen molar-refractivity contribution < 1.29 is 9.90 Å². The zero-order valence-electron chi connectivity index (χ0n) is 34.7. The van der Waals surface area contributed by atoms with E-state index in [9.17, 15) is 4.79 Å². The second-order valence-electron chi connectivity index (χ2n) is 16.4. The lowest BCUT2D eigenvalue weighted by molar-refractivity contribution is -0.137. The van der Waals surface area contributed by atoms with Gasteiger partial charge in [0.1, 0.15) is 0 Å². The highest BCUT2D eigenvalue weighted by Gasteiger charge is 1.99. The summed E-state index contributed by atoms with van der Waals surface area (Å²) in [5, 5.41) is 12.1. The first-order valence-corrected chi connectivity index (χ1v) is 23.7. The minimum absolute atomic E-state index is 0.319. The normalized spacial score (nSPS) is 11.5. The van der Waals surface area contributed by atoms with Crippen molar-refractivity contribution >= 4 is 5.97 Å². The van der Waals surface area contributed by atoms with Crippen LogP contribution < -0.4 is 5.32 Å². The van der Waals surface area contributed by atoms with Gasteiger partial charge < -0.3 is 10.4 Å². The molecule has 0 aliphatic rings. The minimum Gasteiger partial charge on any atom is -0.481 e. The number of rotatable bonds is 46. The van der Waals surface area contributed by atoms with Gasteiger partial charge >= 0.3 is 5.97 Å². The van der Waals surface area contributed by atoms with E-state index >= 15 is 0 Å². The summed E-state index contributed by atoms with van der Waals surface area (Å²) in [6.45, 7) is 4.47. The highest BCUT2D eigenvalue weighted by Crippen LogP contribution is 2.17. The van der Waals surface area contributed by atoms with E-state index < -0.39 is 5.97 Å². The molecule has 0 saturated heterocycles. The van der Waals surface area contributed by atoms with E-state index in [4.69, 9.17) is 5.11 Å². The van der Waals surface area contributed by atoms with Crippen molar-refractivity contribution in [2.24, 2.45) is 0 Å². The highest BCUT2D eigenvalue weighted by molar-refractivity contribution is 5.66. The predicted octanol–water partition coefficient (Wildman–Crippen LogP) is 16.5. The van der Waals surface area contributed by atoms with Crippen LogP contribution in [0.15, 0.2) is 0 Å². The summed E-state index contributed by atoms with van der Waals surface area (Å²) >= 11 is 0. The van der Waals surface area contributed by atoms with E-state index in [-0.39, 0.29) is 0 Å². The Morgan fingerprint density at radius 3 is 0.680 bits per heavy atom. The van der Waals surface area contributed by atoms with Crippen molar-refractivity contribution in [3.63, 3.8) is 0 Å². The van der Waals surface area contributed by atoms with Gasteiger partial charge in [-0.25, -0.2) is 0 Å². The van der Waals surface area contributed by atoms with Crippen molar-refractivity contribution in [2.75, 3.05) is 13.1 Å². The van der Waals surface area contributed by atoms with Gasteiger partial charge in [-0.2, -0.15) is 0 Å². The van der Waals surface area contributed by atoms with E-state index in [0.29, 0.717) is 6.42 Å². The molecule has 0 aromatic rings. The summed E-state index contributed by atoms with van der Waals surface area (Å²) < 4.78 is 0. The van der Waals surface area contributed by atoms with Gasteiger partial charge in [-0.05, 0) is 32.4 Å². The van der Waals surface area contributed by atoms with Gasteiger partial charge in [0.25, 0.3) is 0 Å². The molecule has 0 aromatic carbocycles. The monoisotopic (exact) mass is 706 g/mol. The Bertz CT molecular complexity index is 608. The van der Waals surface area contributed by atoms with E-state index in [1.165, 1.54) is 250 Å². The molecule has 0 unspecified atom stereocenters. The maximum Gasteiger partial charge on any atom is 0.303 e. The van der Waals surface area contributed by atoms with Gasteiger partial charge in [0.15, 0.2) is 0 Å². The van der Waals surface area contributed by atoms with Crippen LogP contribution in [0.2, 0.25) is 0 Å². The van der Waals surface area contributed by atoms with Gasteiger partial charge in [0.2, 0.25) is 0 Å². The molecule has 0 heterocycles. The Morgan fingerprint density at radius 2 is 0.480 bits per heavy atom. The number of hydrogen-bond acceptors (Lipinski definition) is 2. The molecule has 0 aliphatic carbocycles. The summed E-state index contributed by atoms with van der Waals surface area (Å²) in [5.41, 5.74) is 0. The predicted molar refractivity (Wildman–Crippen MR) is 225 cm³/mol. The number of nitrogens with one attached hydrogen (secondary N) is 1. The number of carboxylic acids is 1. The fourth-order valence-electron chi connectivity index (χ4n) is 7.69. The lowest BCUT2D eigenvalue weighted by atomic mass is 10.0. The molecule has 50 heavy (non-hydrogen) atoms. The Labute approximate surface area is 316 Å². The third-order valence-electron chi connectivity index (χ3n) is 11.2. The van der Waals surface area contributed by atoms with Crippen LogP contribution in [0, 0.1) is 0 Å². The highest BCUT2D eigenvalue weighted by atomic mass is 16.4. The summed E-state index contributed by atoms with van der Waals surface area (Å²) in [4.78, 5) is 10.5. The topological polar surface area (TPSA) is 49.3 Å². The Balaban J connectivity index is 3.05. The van der Waals surface area contributed by atoms with E-state index in [1.807, 2.05) is 0 Å². The SMILES string of the molecule is CCCCCCCCCCCCCCCCCCCCCCCCCCCCCCCCCCCCCCCCCNCCCCCC(=O)O. The van der Waals surface area contributed by atoms with E-state index in [0.717, 1.165) is 32.4 Å². The first kappa shape index (κ1) is 49.4. The molecule has 0 saturated carbocycles. The van der Waals surface area contributed by atoms with Crippen molar-refractivity contribution in [3.8, 4) is 0 Å². The van der Waals surface area contributed by atoms with Gasteiger partial charge in [0.05, 0.1) is 0 Å². The van der Waals surface area contributed by atoms with Crippen molar-refractivity contribution in [2.45, 2.75) is 283 Å². The Hall–Kier alpha value is -0.570. The third kappa shape index (κ3) is 47.4. The molecule has 300 valence electrons. The first-order chi connectivity index (χ1) is 24.8. The van der Waals surface area contributed by atoms with Crippen LogP contribution in [0.4, 0.5) is 0 Å². The maximum absolute atomic E-state index is 10.5. The smallest absolute Gasteiger partial charge is 0.303 e.